The Hall–Kier alpha value is -1.51. The molecule has 0 spiro atoms. The predicted octanol–water partition coefficient (Wildman–Crippen LogP) is 4.34. The Morgan fingerprint density at radius 2 is 1.41 bits per heavy atom. The van der Waals surface area contributed by atoms with Crippen molar-refractivity contribution in [3.63, 3.8) is 0 Å². The second kappa shape index (κ2) is 7.66. The lowest BCUT2D eigenvalue weighted by atomic mass is 10.0. The molecule has 0 saturated carbocycles. The summed E-state index contributed by atoms with van der Waals surface area (Å²) in [6.45, 7) is 6.40. The van der Waals surface area contributed by atoms with Gasteiger partial charge in [-0.1, -0.05) is 50.2 Å². The molecule has 118 valence electrons. The van der Waals surface area contributed by atoms with Crippen LogP contribution in [-0.2, 0) is 12.8 Å². The quantitative estimate of drug-likeness (QED) is 0.902. The minimum Gasteiger partial charge on any atom is -0.340 e. The summed E-state index contributed by atoms with van der Waals surface area (Å²) in [5.41, 5.74) is 5.65. The van der Waals surface area contributed by atoms with E-state index < -0.39 is 0 Å². The highest BCUT2D eigenvalue weighted by molar-refractivity contribution is 5.85. The molecule has 1 aliphatic rings. The van der Waals surface area contributed by atoms with Gasteiger partial charge < -0.3 is 10.2 Å². The zero-order valence-electron chi connectivity index (χ0n) is 13.4. The van der Waals surface area contributed by atoms with Gasteiger partial charge in [0.15, 0.2) is 0 Å². The molecule has 1 N–H and O–H groups in total. The molecule has 0 fully saturated rings. The van der Waals surface area contributed by atoms with Gasteiger partial charge in [-0.05, 0) is 36.1 Å². The van der Waals surface area contributed by atoms with Gasteiger partial charge in [-0.25, -0.2) is 0 Å². The largest absolute Gasteiger partial charge is 0.340 e. The van der Waals surface area contributed by atoms with E-state index in [4.69, 9.17) is 0 Å². The van der Waals surface area contributed by atoms with Crippen LogP contribution in [0.1, 0.15) is 25.0 Å². The summed E-state index contributed by atoms with van der Waals surface area (Å²) in [6, 6.07) is 18.2. The minimum absolute atomic E-state index is 0. The van der Waals surface area contributed by atoms with Crippen molar-refractivity contribution in [2.24, 2.45) is 0 Å². The first-order valence-electron chi connectivity index (χ1n) is 7.92. The Labute approximate surface area is 140 Å². The number of para-hydroxylation sites is 2. The molecule has 22 heavy (non-hydrogen) atoms. The summed E-state index contributed by atoms with van der Waals surface area (Å²) >= 11 is 0. The summed E-state index contributed by atoms with van der Waals surface area (Å²) in [4.78, 5) is 2.48. The molecule has 0 aliphatic carbocycles. The maximum atomic E-state index is 3.53. The second-order valence-electron chi connectivity index (χ2n) is 6.02. The number of halogens is 1. The van der Waals surface area contributed by atoms with Crippen LogP contribution in [0.3, 0.4) is 0 Å². The fourth-order valence-corrected chi connectivity index (χ4v) is 3.08. The maximum Gasteiger partial charge on any atom is 0.0443 e. The fourth-order valence-electron chi connectivity index (χ4n) is 3.08. The molecule has 0 saturated heterocycles. The summed E-state index contributed by atoms with van der Waals surface area (Å²) in [5, 5.41) is 3.53. The highest BCUT2D eigenvalue weighted by atomic mass is 35.5. The minimum atomic E-state index is 0. The molecule has 1 heterocycles. The van der Waals surface area contributed by atoms with Crippen molar-refractivity contribution in [2.75, 3.05) is 18.0 Å². The van der Waals surface area contributed by atoms with Crippen LogP contribution in [0, 0.1) is 0 Å². The number of hydrogen-bond donors (Lipinski definition) is 1. The predicted molar refractivity (Wildman–Crippen MR) is 97.7 cm³/mol. The van der Waals surface area contributed by atoms with Crippen molar-refractivity contribution in [1.29, 1.82) is 0 Å². The number of benzene rings is 2. The van der Waals surface area contributed by atoms with E-state index in [0.717, 1.165) is 25.9 Å². The molecule has 0 aromatic heterocycles. The highest BCUT2D eigenvalue weighted by Crippen LogP contribution is 2.35. The maximum absolute atomic E-state index is 3.53. The second-order valence-corrected chi connectivity index (χ2v) is 6.02. The number of rotatable bonds is 4. The van der Waals surface area contributed by atoms with E-state index in [1.165, 1.54) is 22.5 Å². The number of fused-ring (bicyclic) bond motifs is 2. The molecule has 3 heteroatoms. The van der Waals surface area contributed by atoms with Gasteiger partial charge in [0.05, 0.1) is 0 Å². The number of nitrogens with zero attached hydrogens (tertiary/aromatic N) is 1. The van der Waals surface area contributed by atoms with Crippen LogP contribution in [0.25, 0.3) is 0 Å². The van der Waals surface area contributed by atoms with Crippen LogP contribution >= 0.6 is 12.4 Å². The van der Waals surface area contributed by atoms with Gasteiger partial charge in [-0.2, -0.15) is 0 Å². The molecule has 1 aliphatic heterocycles. The normalized spacial score (nSPS) is 13.1. The van der Waals surface area contributed by atoms with Crippen LogP contribution in [0.4, 0.5) is 11.4 Å². The lowest BCUT2D eigenvalue weighted by Crippen LogP contribution is -2.33. The Kier molecular flexibility index (Phi) is 5.87. The van der Waals surface area contributed by atoms with E-state index >= 15 is 0 Å². The number of aryl methyl sites for hydroxylation is 2. The van der Waals surface area contributed by atoms with Crippen molar-refractivity contribution in [1.82, 2.24) is 5.32 Å². The molecular formula is C19H25ClN2. The fraction of sp³-hybridized carbons (Fsp3) is 0.368. The molecule has 0 bridgehead atoms. The monoisotopic (exact) mass is 316 g/mol. The van der Waals surface area contributed by atoms with Gasteiger partial charge in [0.2, 0.25) is 0 Å². The lowest BCUT2D eigenvalue weighted by Gasteiger charge is -2.27. The smallest absolute Gasteiger partial charge is 0.0443 e. The van der Waals surface area contributed by atoms with Crippen LogP contribution in [0.2, 0.25) is 0 Å². The van der Waals surface area contributed by atoms with E-state index in [9.17, 15) is 0 Å². The Morgan fingerprint density at radius 3 is 1.91 bits per heavy atom. The first-order valence-corrected chi connectivity index (χ1v) is 7.92. The average Bonchev–Trinajstić information content (AvgIpc) is 2.65. The zero-order chi connectivity index (χ0) is 14.7. The topological polar surface area (TPSA) is 15.3 Å². The van der Waals surface area contributed by atoms with Gasteiger partial charge in [0.1, 0.15) is 0 Å². The molecule has 0 amide bonds. The first-order chi connectivity index (χ1) is 10.3. The van der Waals surface area contributed by atoms with Gasteiger partial charge in [-0.3, -0.25) is 0 Å². The van der Waals surface area contributed by atoms with E-state index in [-0.39, 0.29) is 12.4 Å². The third-order valence-corrected chi connectivity index (χ3v) is 4.12. The van der Waals surface area contributed by atoms with Gasteiger partial charge >= 0.3 is 0 Å². The molecular weight excluding hydrogens is 292 g/mol. The van der Waals surface area contributed by atoms with Crippen LogP contribution in [0.15, 0.2) is 48.5 Å². The van der Waals surface area contributed by atoms with E-state index in [2.05, 4.69) is 72.6 Å². The lowest BCUT2D eigenvalue weighted by molar-refractivity contribution is 0.593. The van der Waals surface area contributed by atoms with E-state index in [1.807, 2.05) is 0 Å². The van der Waals surface area contributed by atoms with Crippen LogP contribution < -0.4 is 10.2 Å². The average molecular weight is 317 g/mol. The number of nitrogens with one attached hydrogen (secondary N) is 1. The Balaban J connectivity index is 0.00000176. The molecule has 2 aromatic carbocycles. The Bertz CT molecular complexity index is 562. The van der Waals surface area contributed by atoms with Crippen molar-refractivity contribution in [2.45, 2.75) is 32.7 Å². The highest BCUT2D eigenvalue weighted by Gasteiger charge is 2.19. The third kappa shape index (κ3) is 3.63. The summed E-state index contributed by atoms with van der Waals surface area (Å²) in [7, 11) is 0. The van der Waals surface area contributed by atoms with Crippen molar-refractivity contribution in [3.05, 3.63) is 59.7 Å². The number of hydrogen-bond acceptors (Lipinski definition) is 2. The van der Waals surface area contributed by atoms with Crippen molar-refractivity contribution < 1.29 is 0 Å². The SMILES string of the molecule is CC(C)NCCN1c2ccccc2CCc2ccccc21.Cl. The van der Waals surface area contributed by atoms with Gasteiger partial charge in [-0.15, -0.1) is 12.4 Å². The third-order valence-electron chi connectivity index (χ3n) is 4.12. The zero-order valence-corrected chi connectivity index (χ0v) is 14.2. The summed E-state index contributed by atoms with van der Waals surface area (Å²) in [6.07, 6.45) is 2.25. The van der Waals surface area contributed by atoms with E-state index in [1.54, 1.807) is 0 Å². The van der Waals surface area contributed by atoms with Crippen molar-refractivity contribution >= 4 is 23.8 Å². The summed E-state index contributed by atoms with van der Waals surface area (Å²) in [5.74, 6) is 0. The molecule has 3 rings (SSSR count). The molecule has 2 aromatic rings. The van der Waals surface area contributed by atoms with Crippen molar-refractivity contribution in [3.8, 4) is 0 Å². The molecule has 2 nitrogen and oxygen atoms in total. The van der Waals surface area contributed by atoms with Crippen LogP contribution in [-0.4, -0.2) is 19.1 Å². The summed E-state index contributed by atoms with van der Waals surface area (Å²) < 4.78 is 0. The van der Waals surface area contributed by atoms with Crippen LogP contribution in [0.5, 0.6) is 0 Å². The van der Waals surface area contributed by atoms with Gasteiger partial charge in [0, 0.05) is 30.5 Å². The molecule has 0 unspecified atom stereocenters. The molecule has 0 atom stereocenters. The standard InChI is InChI=1S/C19H24N2.ClH/c1-15(2)20-13-14-21-18-9-5-3-7-16(18)11-12-17-8-4-6-10-19(17)21;/h3-10,15,20H,11-14H2,1-2H3;1H. The number of anilines is 2. The Morgan fingerprint density at radius 1 is 0.909 bits per heavy atom. The van der Waals surface area contributed by atoms with E-state index in [0.29, 0.717) is 6.04 Å². The molecule has 0 radical (unpaired) electrons. The first kappa shape index (κ1) is 16.9. The van der Waals surface area contributed by atoms with Gasteiger partial charge in [0.25, 0.3) is 0 Å².